The minimum Gasteiger partial charge on any atom is -0.368 e. The lowest BCUT2D eigenvalue weighted by atomic mass is 9.96. The number of benzene rings is 1. The van der Waals surface area contributed by atoms with E-state index in [1.165, 1.54) is 4.90 Å². The predicted molar refractivity (Wildman–Crippen MR) is 139 cm³/mol. The average Bonchev–Trinajstić information content (AvgIpc) is 2.83. The van der Waals surface area contributed by atoms with Crippen LogP contribution < -0.4 is 15.8 Å². The molecule has 1 aromatic carbocycles. The number of aryl methyl sites for hydroxylation is 2. The van der Waals surface area contributed by atoms with Crippen LogP contribution in [0.15, 0.2) is 41.2 Å². The minimum absolute atomic E-state index is 0.100. The fourth-order valence-corrected chi connectivity index (χ4v) is 5.56. The summed E-state index contributed by atoms with van der Waals surface area (Å²) in [4.78, 5) is 32.5. The summed E-state index contributed by atoms with van der Waals surface area (Å²) in [5.74, 6) is -0.243. The molecule has 0 saturated carbocycles. The molecule has 2 aromatic rings. The number of aromatic nitrogens is 1. The van der Waals surface area contributed by atoms with Crippen LogP contribution in [-0.2, 0) is 19.4 Å². The van der Waals surface area contributed by atoms with Crippen LogP contribution in [0.5, 0.6) is 0 Å². The molecular formula is C28H35F3N4O2. The lowest BCUT2D eigenvalue weighted by Gasteiger charge is -2.40. The molecule has 2 aliphatic rings. The van der Waals surface area contributed by atoms with E-state index in [0.717, 1.165) is 28.9 Å². The summed E-state index contributed by atoms with van der Waals surface area (Å²) in [5, 5.41) is 2.95. The summed E-state index contributed by atoms with van der Waals surface area (Å²) >= 11 is 0. The molecule has 0 spiro atoms. The lowest BCUT2D eigenvalue weighted by molar-refractivity contribution is -0.147. The number of aromatic amines is 1. The first-order valence-electron chi connectivity index (χ1n) is 13.0. The molecule has 2 aliphatic heterocycles. The topological polar surface area (TPSA) is 68.4 Å². The van der Waals surface area contributed by atoms with E-state index in [1.54, 1.807) is 6.07 Å². The van der Waals surface area contributed by atoms with Crippen molar-refractivity contribution in [3.63, 3.8) is 0 Å². The molecule has 200 valence electrons. The van der Waals surface area contributed by atoms with Gasteiger partial charge in [0.2, 0.25) is 0 Å². The number of nitrogens with one attached hydrogen (secondary N) is 2. The summed E-state index contributed by atoms with van der Waals surface area (Å²) in [6.45, 7) is 4.64. The summed E-state index contributed by atoms with van der Waals surface area (Å²) in [5.41, 5.74) is 4.53. The van der Waals surface area contributed by atoms with E-state index in [-0.39, 0.29) is 24.1 Å². The van der Waals surface area contributed by atoms with Gasteiger partial charge in [0.25, 0.3) is 11.5 Å². The number of pyridine rings is 1. The van der Waals surface area contributed by atoms with Crippen molar-refractivity contribution in [3.8, 4) is 0 Å². The molecule has 1 saturated heterocycles. The molecule has 3 heterocycles. The van der Waals surface area contributed by atoms with Crippen LogP contribution in [0.3, 0.4) is 0 Å². The van der Waals surface area contributed by atoms with Crippen molar-refractivity contribution in [2.24, 2.45) is 0 Å². The molecule has 2 N–H and O–H groups in total. The molecular weight excluding hydrogens is 481 g/mol. The normalized spacial score (nSPS) is 17.8. The monoisotopic (exact) mass is 516 g/mol. The van der Waals surface area contributed by atoms with E-state index in [0.29, 0.717) is 56.4 Å². The van der Waals surface area contributed by atoms with Gasteiger partial charge < -0.3 is 15.2 Å². The van der Waals surface area contributed by atoms with Gasteiger partial charge in [0.1, 0.15) is 0 Å². The number of anilines is 1. The van der Waals surface area contributed by atoms with Crippen molar-refractivity contribution in [3.05, 3.63) is 74.7 Å². The van der Waals surface area contributed by atoms with Gasteiger partial charge in [0.05, 0.1) is 6.54 Å². The first-order chi connectivity index (χ1) is 17.7. The van der Waals surface area contributed by atoms with E-state index < -0.39 is 12.7 Å². The number of carbonyl (C=O) groups is 1. The first-order valence-corrected chi connectivity index (χ1v) is 13.0. The minimum atomic E-state index is -4.19. The van der Waals surface area contributed by atoms with Gasteiger partial charge in [0.15, 0.2) is 0 Å². The molecule has 0 aliphatic carbocycles. The number of nitrogens with zero attached hydrogens (tertiary/aromatic N) is 2. The van der Waals surface area contributed by atoms with E-state index in [2.05, 4.69) is 27.4 Å². The highest BCUT2D eigenvalue weighted by Gasteiger charge is 2.34. The maximum Gasteiger partial charge on any atom is 0.401 e. The molecule has 6 nitrogen and oxygen atoms in total. The number of alkyl halides is 3. The van der Waals surface area contributed by atoms with Gasteiger partial charge in [-0.3, -0.25) is 14.5 Å². The Morgan fingerprint density at radius 3 is 2.57 bits per heavy atom. The number of fused-ring (bicyclic) bond motifs is 2. The average molecular weight is 517 g/mol. The zero-order valence-corrected chi connectivity index (χ0v) is 21.5. The zero-order valence-electron chi connectivity index (χ0n) is 21.5. The second kappa shape index (κ2) is 11.5. The summed E-state index contributed by atoms with van der Waals surface area (Å²) in [7, 11) is 0. The second-order valence-electron chi connectivity index (χ2n) is 9.89. The van der Waals surface area contributed by atoms with Gasteiger partial charge in [-0.1, -0.05) is 18.2 Å². The standard InChI is InChI=1S/C28H35F3N4O2/c1-3-35(21-12-14-34(15-13-21)18-28(29,30)31)25-11-7-10-23-22(25)9-6-4-5-8-20-16-19(2)33-27(37)24(20)17-32-26(23)36/h4,6-7,10-11,16,21H,3,5,8-9,12-15,17-18H2,1-2H3,(H,32,36)(H,33,37). The third-order valence-corrected chi connectivity index (χ3v) is 7.30. The molecule has 0 bridgehead atoms. The van der Waals surface area contributed by atoms with Crippen LogP contribution in [0.1, 0.15) is 58.9 Å². The van der Waals surface area contributed by atoms with Crippen molar-refractivity contribution in [2.75, 3.05) is 31.1 Å². The Morgan fingerprint density at radius 2 is 1.86 bits per heavy atom. The molecule has 9 heteroatoms. The van der Waals surface area contributed by atoms with Crippen LogP contribution in [0, 0.1) is 6.92 Å². The van der Waals surface area contributed by atoms with Crippen LogP contribution >= 0.6 is 0 Å². The van der Waals surface area contributed by atoms with Gasteiger partial charge in [0, 0.05) is 54.7 Å². The number of amides is 1. The number of halogens is 3. The Morgan fingerprint density at radius 1 is 1.11 bits per heavy atom. The highest BCUT2D eigenvalue weighted by atomic mass is 19.4. The smallest absolute Gasteiger partial charge is 0.368 e. The van der Waals surface area contributed by atoms with E-state index in [9.17, 15) is 22.8 Å². The summed E-state index contributed by atoms with van der Waals surface area (Å²) in [6.07, 6.45) is 3.29. The quantitative estimate of drug-likeness (QED) is 0.587. The van der Waals surface area contributed by atoms with E-state index in [4.69, 9.17) is 0 Å². The molecule has 0 unspecified atom stereocenters. The lowest BCUT2D eigenvalue weighted by Crippen LogP contribution is -2.47. The van der Waals surface area contributed by atoms with Crippen LogP contribution in [0.25, 0.3) is 0 Å². The Kier molecular flexibility index (Phi) is 8.42. The number of piperidine rings is 1. The molecule has 0 radical (unpaired) electrons. The van der Waals surface area contributed by atoms with Gasteiger partial charge in [-0.05, 0) is 75.3 Å². The number of allylic oxidation sites excluding steroid dienone is 2. The summed E-state index contributed by atoms with van der Waals surface area (Å²) in [6, 6.07) is 7.72. The molecule has 1 aromatic heterocycles. The molecule has 0 atom stereocenters. The maximum atomic E-state index is 13.3. The van der Waals surface area contributed by atoms with E-state index >= 15 is 0 Å². The van der Waals surface area contributed by atoms with Crippen molar-refractivity contribution in [1.82, 2.24) is 15.2 Å². The number of carbonyl (C=O) groups excluding carboxylic acids is 1. The van der Waals surface area contributed by atoms with Crippen LogP contribution in [0.2, 0.25) is 0 Å². The highest BCUT2D eigenvalue weighted by molar-refractivity contribution is 5.97. The largest absolute Gasteiger partial charge is 0.401 e. The number of hydrogen-bond acceptors (Lipinski definition) is 4. The zero-order chi connectivity index (χ0) is 26.6. The van der Waals surface area contributed by atoms with Crippen molar-refractivity contribution in [1.29, 1.82) is 0 Å². The fraction of sp³-hybridized carbons (Fsp3) is 0.500. The Bertz CT molecular complexity index is 1200. The second-order valence-corrected chi connectivity index (χ2v) is 9.89. The number of likely N-dealkylation sites (tertiary alicyclic amines) is 1. The number of rotatable bonds is 4. The van der Waals surface area contributed by atoms with Gasteiger partial charge >= 0.3 is 6.18 Å². The molecule has 37 heavy (non-hydrogen) atoms. The highest BCUT2D eigenvalue weighted by Crippen LogP contribution is 2.31. The van der Waals surface area contributed by atoms with Crippen LogP contribution in [-0.4, -0.2) is 54.2 Å². The Hall–Kier alpha value is -3.07. The van der Waals surface area contributed by atoms with Gasteiger partial charge in [-0.25, -0.2) is 0 Å². The Balaban J connectivity index is 1.60. The summed E-state index contributed by atoms with van der Waals surface area (Å²) < 4.78 is 38.5. The predicted octanol–water partition coefficient (Wildman–Crippen LogP) is 4.51. The van der Waals surface area contributed by atoms with Gasteiger partial charge in [-0.2, -0.15) is 13.2 Å². The third-order valence-electron chi connectivity index (χ3n) is 7.30. The SMILES string of the molecule is CCN(c1cccc2c1CC=CCCc1cc(C)[nH]c(=O)c1CNC2=O)C1CCN(CC(F)(F)F)CC1. The van der Waals surface area contributed by atoms with Gasteiger partial charge in [-0.15, -0.1) is 0 Å². The third kappa shape index (κ3) is 6.63. The molecule has 4 rings (SSSR count). The Labute approximate surface area is 215 Å². The first kappa shape index (κ1) is 27.0. The number of hydrogen-bond donors (Lipinski definition) is 2. The van der Waals surface area contributed by atoms with Crippen molar-refractivity contribution in [2.45, 2.75) is 64.7 Å². The number of H-pyrrole nitrogens is 1. The van der Waals surface area contributed by atoms with Crippen molar-refractivity contribution < 1.29 is 18.0 Å². The van der Waals surface area contributed by atoms with E-state index in [1.807, 2.05) is 32.0 Å². The molecule has 1 amide bonds. The fourth-order valence-electron chi connectivity index (χ4n) is 5.56. The van der Waals surface area contributed by atoms with Crippen LogP contribution in [0.4, 0.5) is 18.9 Å². The van der Waals surface area contributed by atoms with Crippen molar-refractivity contribution >= 4 is 11.6 Å². The maximum absolute atomic E-state index is 13.3. The molecule has 1 fully saturated rings.